The van der Waals surface area contributed by atoms with Crippen LogP contribution in [-0.4, -0.2) is 11.8 Å². The van der Waals surface area contributed by atoms with Gasteiger partial charge in [-0.3, -0.25) is 9.69 Å². The van der Waals surface area contributed by atoms with Crippen molar-refractivity contribution >= 4 is 28.9 Å². The molecule has 0 atom stereocenters. The first-order valence-corrected chi connectivity index (χ1v) is 7.39. The summed E-state index contributed by atoms with van der Waals surface area (Å²) >= 11 is 5.76. The minimum atomic E-state index is 0.0572. The van der Waals surface area contributed by atoms with E-state index in [-0.39, 0.29) is 5.91 Å². The van der Waals surface area contributed by atoms with Crippen molar-refractivity contribution in [3.8, 4) is 0 Å². The van der Waals surface area contributed by atoms with Crippen molar-refractivity contribution in [3.05, 3.63) is 59.7 Å². The minimum absolute atomic E-state index is 0.0572. The molecule has 1 aliphatic heterocycles. The van der Waals surface area contributed by atoms with Crippen LogP contribution in [-0.2, 0) is 17.6 Å². The minimum Gasteiger partial charge on any atom is -0.280 e. The van der Waals surface area contributed by atoms with Gasteiger partial charge in [-0.05, 0) is 36.1 Å². The van der Waals surface area contributed by atoms with Crippen molar-refractivity contribution in [2.45, 2.75) is 19.3 Å². The topological polar surface area (TPSA) is 20.3 Å². The van der Waals surface area contributed by atoms with Gasteiger partial charge in [0, 0.05) is 12.3 Å². The molecule has 1 amide bonds. The average Bonchev–Trinajstić information content (AvgIpc) is 2.64. The van der Waals surface area contributed by atoms with E-state index < -0.39 is 0 Å². The number of amides is 1. The molecule has 0 saturated carbocycles. The number of hydrogen-bond acceptors (Lipinski definition) is 1. The molecule has 1 aliphatic rings. The Morgan fingerprint density at radius 1 is 0.950 bits per heavy atom. The second kappa shape index (κ2) is 5.68. The van der Waals surface area contributed by atoms with E-state index in [1.807, 2.05) is 41.3 Å². The fraction of sp³-hybridized carbons (Fsp3) is 0.235. The molecule has 0 aromatic heterocycles. The van der Waals surface area contributed by atoms with E-state index in [4.69, 9.17) is 11.6 Å². The second-order valence-corrected chi connectivity index (χ2v) is 5.30. The number of para-hydroxylation sites is 2. The molecule has 3 rings (SSSR count). The standard InChI is InChI=1S/C17H16ClNO/c18-12-11-17(20)19-15-7-3-1-5-13(15)9-10-14-6-2-4-8-16(14)19/h1-8H,9-12H2. The molecule has 0 spiro atoms. The van der Waals surface area contributed by atoms with Crippen LogP contribution in [0.4, 0.5) is 11.4 Å². The molecule has 0 radical (unpaired) electrons. The van der Waals surface area contributed by atoms with E-state index in [9.17, 15) is 4.79 Å². The van der Waals surface area contributed by atoms with Crippen LogP contribution < -0.4 is 4.90 Å². The third-order valence-corrected chi connectivity index (χ3v) is 3.88. The number of carbonyl (C=O) groups excluding carboxylic acids is 1. The SMILES string of the molecule is O=C(CCCl)N1c2ccccc2CCc2ccccc21. The number of halogens is 1. The summed E-state index contributed by atoms with van der Waals surface area (Å²) in [6.45, 7) is 0. The summed E-state index contributed by atoms with van der Waals surface area (Å²) in [5.74, 6) is 0.404. The van der Waals surface area contributed by atoms with E-state index in [0.717, 1.165) is 24.2 Å². The fourth-order valence-electron chi connectivity index (χ4n) is 2.74. The quantitative estimate of drug-likeness (QED) is 0.762. The average molecular weight is 286 g/mol. The molecular formula is C17H16ClNO. The molecule has 3 heteroatoms. The Kier molecular flexibility index (Phi) is 3.75. The zero-order chi connectivity index (χ0) is 13.9. The van der Waals surface area contributed by atoms with Crippen molar-refractivity contribution in [2.75, 3.05) is 10.8 Å². The molecule has 0 aliphatic carbocycles. The molecule has 0 N–H and O–H groups in total. The van der Waals surface area contributed by atoms with Crippen LogP contribution >= 0.6 is 11.6 Å². The first kappa shape index (κ1) is 13.2. The van der Waals surface area contributed by atoms with Gasteiger partial charge < -0.3 is 0 Å². The number of hydrogen-bond donors (Lipinski definition) is 0. The first-order chi connectivity index (χ1) is 9.81. The summed E-state index contributed by atoms with van der Waals surface area (Å²) in [7, 11) is 0. The van der Waals surface area contributed by atoms with E-state index >= 15 is 0 Å². The second-order valence-electron chi connectivity index (χ2n) is 4.93. The molecule has 2 aromatic rings. The number of rotatable bonds is 2. The zero-order valence-electron chi connectivity index (χ0n) is 11.2. The molecule has 20 heavy (non-hydrogen) atoms. The monoisotopic (exact) mass is 285 g/mol. The summed E-state index contributed by atoms with van der Waals surface area (Å²) < 4.78 is 0. The number of fused-ring (bicyclic) bond motifs is 2. The van der Waals surface area contributed by atoms with E-state index in [1.54, 1.807) is 0 Å². The van der Waals surface area contributed by atoms with Gasteiger partial charge in [0.1, 0.15) is 0 Å². The molecule has 2 aromatic carbocycles. The molecular weight excluding hydrogens is 270 g/mol. The molecule has 102 valence electrons. The van der Waals surface area contributed by atoms with Crippen molar-refractivity contribution in [2.24, 2.45) is 0 Å². The maximum atomic E-state index is 12.5. The number of carbonyl (C=O) groups is 1. The van der Waals surface area contributed by atoms with Crippen LogP contribution in [0.3, 0.4) is 0 Å². The lowest BCUT2D eigenvalue weighted by molar-refractivity contribution is -0.117. The third kappa shape index (κ3) is 2.32. The Morgan fingerprint density at radius 3 is 1.95 bits per heavy atom. The van der Waals surface area contributed by atoms with Crippen LogP contribution in [0.2, 0.25) is 0 Å². The first-order valence-electron chi connectivity index (χ1n) is 6.86. The molecule has 0 saturated heterocycles. The van der Waals surface area contributed by atoms with Gasteiger partial charge >= 0.3 is 0 Å². The smallest absolute Gasteiger partial charge is 0.232 e. The zero-order valence-corrected chi connectivity index (χ0v) is 11.9. The number of aryl methyl sites for hydroxylation is 2. The van der Waals surface area contributed by atoms with Crippen molar-refractivity contribution in [1.29, 1.82) is 0 Å². The molecule has 0 unspecified atom stereocenters. The lowest BCUT2D eigenvalue weighted by Gasteiger charge is -2.24. The van der Waals surface area contributed by atoms with Gasteiger partial charge in [-0.1, -0.05) is 36.4 Å². The Balaban J connectivity index is 2.16. The van der Waals surface area contributed by atoms with Crippen molar-refractivity contribution < 1.29 is 4.79 Å². The van der Waals surface area contributed by atoms with Gasteiger partial charge in [-0.2, -0.15) is 0 Å². The lowest BCUT2D eigenvalue weighted by atomic mass is 10.0. The highest BCUT2D eigenvalue weighted by Crippen LogP contribution is 2.36. The molecule has 2 nitrogen and oxygen atoms in total. The summed E-state index contributed by atoms with van der Waals surface area (Å²) in [5.41, 5.74) is 4.42. The van der Waals surface area contributed by atoms with Crippen LogP contribution in [0.15, 0.2) is 48.5 Å². The third-order valence-electron chi connectivity index (χ3n) is 3.69. The van der Waals surface area contributed by atoms with Gasteiger partial charge in [0.2, 0.25) is 5.91 Å². The Labute approximate surface area is 124 Å². The van der Waals surface area contributed by atoms with E-state index in [1.165, 1.54) is 11.1 Å². The van der Waals surface area contributed by atoms with Crippen LogP contribution in [0.1, 0.15) is 17.5 Å². The molecule has 0 fully saturated rings. The predicted molar refractivity (Wildman–Crippen MR) is 82.8 cm³/mol. The maximum Gasteiger partial charge on any atom is 0.232 e. The van der Waals surface area contributed by atoms with Crippen LogP contribution in [0.5, 0.6) is 0 Å². The summed E-state index contributed by atoms with van der Waals surface area (Å²) in [6.07, 6.45) is 2.26. The van der Waals surface area contributed by atoms with Gasteiger partial charge in [0.05, 0.1) is 11.4 Å². The van der Waals surface area contributed by atoms with E-state index in [0.29, 0.717) is 12.3 Å². The van der Waals surface area contributed by atoms with Crippen molar-refractivity contribution in [3.63, 3.8) is 0 Å². The van der Waals surface area contributed by atoms with Gasteiger partial charge in [0.15, 0.2) is 0 Å². The lowest BCUT2D eigenvalue weighted by Crippen LogP contribution is -2.26. The van der Waals surface area contributed by atoms with Crippen LogP contribution in [0, 0.1) is 0 Å². The highest BCUT2D eigenvalue weighted by atomic mass is 35.5. The Morgan fingerprint density at radius 2 is 1.45 bits per heavy atom. The molecule has 0 bridgehead atoms. The number of nitrogens with zero attached hydrogens (tertiary/aromatic N) is 1. The van der Waals surface area contributed by atoms with E-state index in [2.05, 4.69) is 12.1 Å². The highest BCUT2D eigenvalue weighted by Gasteiger charge is 2.24. The maximum absolute atomic E-state index is 12.5. The van der Waals surface area contributed by atoms with Gasteiger partial charge in [0.25, 0.3) is 0 Å². The van der Waals surface area contributed by atoms with Gasteiger partial charge in [-0.15, -0.1) is 11.6 Å². The summed E-state index contributed by atoms with van der Waals surface area (Å²) in [6, 6.07) is 16.2. The summed E-state index contributed by atoms with van der Waals surface area (Å²) in [5, 5.41) is 0. The summed E-state index contributed by atoms with van der Waals surface area (Å²) in [4.78, 5) is 14.4. The van der Waals surface area contributed by atoms with Crippen LogP contribution in [0.25, 0.3) is 0 Å². The Bertz CT molecular complexity index is 591. The van der Waals surface area contributed by atoms with Crippen molar-refractivity contribution in [1.82, 2.24) is 0 Å². The normalized spacial score (nSPS) is 13.3. The Hall–Kier alpha value is -1.80. The number of anilines is 2. The highest BCUT2D eigenvalue weighted by molar-refractivity contribution is 6.19. The fourth-order valence-corrected chi connectivity index (χ4v) is 2.90. The number of benzene rings is 2. The van der Waals surface area contributed by atoms with Gasteiger partial charge in [-0.25, -0.2) is 0 Å². The number of alkyl halides is 1. The predicted octanol–water partition coefficient (Wildman–Crippen LogP) is 4.08. The molecule has 1 heterocycles. The largest absolute Gasteiger partial charge is 0.280 e.